The fourth-order valence-electron chi connectivity index (χ4n) is 2.74. The van der Waals surface area contributed by atoms with Crippen molar-refractivity contribution in [2.24, 2.45) is 5.92 Å². The van der Waals surface area contributed by atoms with Gasteiger partial charge in [-0.3, -0.25) is 0 Å². The molecular weight excluding hydrogens is 241 g/mol. The van der Waals surface area contributed by atoms with Crippen LogP contribution >= 0.6 is 0 Å². The highest BCUT2D eigenvalue weighted by Crippen LogP contribution is 2.35. The summed E-state index contributed by atoms with van der Waals surface area (Å²) in [6.07, 6.45) is 4.29. The molecule has 0 saturated carbocycles. The lowest BCUT2D eigenvalue weighted by molar-refractivity contribution is 0.173. The minimum Gasteiger partial charge on any atom is -0.493 e. The number of nitrogens with zero attached hydrogens (tertiary/aromatic N) is 1. The van der Waals surface area contributed by atoms with E-state index >= 15 is 0 Å². The maximum atomic E-state index is 8.98. The van der Waals surface area contributed by atoms with Crippen molar-refractivity contribution < 1.29 is 14.2 Å². The fourth-order valence-corrected chi connectivity index (χ4v) is 2.74. The lowest BCUT2D eigenvalue weighted by Gasteiger charge is -2.23. The van der Waals surface area contributed by atoms with Gasteiger partial charge in [0.15, 0.2) is 11.5 Å². The van der Waals surface area contributed by atoms with E-state index in [2.05, 4.69) is 5.97 Å². The van der Waals surface area contributed by atoms with Crippen molar-refractivity contribution >= 4 is 6.71 Å². The Bertz CT molecular complexity index is 500. The molecule has 1 fully saturated rings. The van der Waals surface area contributed by atoms with Crippen LogP contribution in [0.15, 0.2) is 18.2 Å². The fraction of sp³-hybridized carbons (Fsp3) is 0.500. The molecule has 0 spiro atoms. The molecule has 2 aliphatic rings. The van der Waals surface area contributed by atoms with Gasteiger partial charge in [0, 0.05) is 12.0 Å². The van der Waals surface area contributed by atoms with Crippen LogP contribution in [0.4, 0.5) is 0 Å². The Morgan fingerprint density at radius 1 is 1.37 bits per heavy atom. The normalized spacial score (nSPS) is 21.0. The molecule has 1 atom stereocenters. The van der Waals surface area contributed by atoms with Crippen LogP contribution in [0.1, 0.15) is 12.8 Å². The number of rotatable bonds is 3. The summed E-state index contributed by atoms with van der Waals surface area (Å²) in [6.45, 7) is 1.17. The molecule has 19 heavy (non-hydrogen) atoms. The molecule has 0 amide bonds. The smallest absolute Gasteiger partial charge is 0.268 e. The predicted molar refractivity (Wildman–Crippen MR) is 71.8 cm³/mol. The van der Waals surface area contributed by atoms with E-state index in [0.29, 0.717) is 12.5 Å². The van der Waals surface area contributed by atoms with Gasteiger partial charge in [0.1, 0.15) is 5.75 Å². The Hall–Kier alpha value is -1.83. The summed E-state index contributed by atoms with van der Waals surface area (Å²) in [5.41, 5.74) is 0. The third-order valence-corrected chi connectivity index (χ3v) is 3.80. The Balaban J connectivity index is 1.56. The van der Waals surface area contributed by atoms with E-state index in [1.54, 1.807) is 0 Å². The third kappa shape index (κ3) is 2.78. The Kier molecular flexibility index (Phi) is 3.50. The molecule has 0 aliphatic carbocycles. The summed E-state index contributed by atoms with van der Waals surface area (Å²) < 4.78 is 16.4. The van der Waals surface area contributed by atoms with Crippen LogP contribution in [0.3, 0.4) is 0 Å². The molecule has 0 bridgehead atoms. The number of hydrogen-bond donors (Lipinski definition) is 0. The van der Waals surface area contributed by atoms with Gasteiger partial charge in [0.25, 0.3) is 6.71 Å². The van der Waals surface area contributed by atoms with Crippen LogP contribution in [0, 0.1) is 17.1 Å². The lowest BCUT2D eigenvalue weighted by atomic mass is 9.41. The molecule has 0 radical (unpaired) electrons. The molecule has 1 saturated heterocycles. The first-order chi connectivity index (χ1) is 9.35. The molecule has 5 heteroatoms. The van der Waals surface area contributed by atoms with Crippen LogP contribution in [0.5, 0.6) is 17.2 Å². The van der Waals surface area contributed by atoms with Crippen molar-refractivity contribution in [2.45, 2.75) is 25.5 Å². The van der Waals surface area contributed by atoms with Gasteiger partial charge in [-0.15, -0.1) is 0 Å². The van der Waals surface area contributed by atoms with Crippen molar-refractivity contribution in [3.8, 4) is 23.2 Å². The maximum absolute atomic E-state index is 8.98. The average molecular weight is 257 g/mol. The summed E-state index contributed by atoms with van der Waals surface area (Å²) in [6, 6.07) is 5.64. The summed E-state index contributed by atoms with van der Waals surface area (Å²) in [5, 5.41) is 8.98. The first kappa shape index (κ1) is 12.2. The standard InChI is InChI=1S/C14H16BNO3/c16-9-15-5-1-2-11(7-15)8-17-12-3-4-13-14(6-12)19-10-18-13/h3-4,6,11H,1-2,5,7-8,10H2/t11-/m0/s1. The van der Waals surface area contributed by atoms with Crippen molar-refractivity contribution in [1.82, 2.24) is 0 Å². The number of ether oxygens (including phenoxy) is 3. The van der Waals surface area contributed by atoms with E-state index in [4.69, 9.17) is 19.5 Å². The molecule has 0 aromatic heterocycles. The van der Waals surface area contributed by atoms with Gasteiger partial charge in [-0.05, 0) is 24.5 Å². The molecule has 0 N–H and O–H groups in total. The molecule has 98 valence electrons. The summed E-state index contributed by atoms with van der Waals surface area (Å²) in [7, 11) is 0. The van der Waals surface area contributed by atoms with E-state index in [1.807, 2.05) is 18.2 Å². The molecule has 2 heterocycles. The highest BCUT2D eigenvalue weighted by molar-refractivity contribution is 6.67. The van der Waals surface area contributed by atoms with Gasteiger partial charge < -0.3 is 14.2 Å². The van der Waals surface area contributed by atoms with Crippen LogP contribution in [-0.4, -0.2) is 20.1 Å². The summed E-state index contributed by atoms with van der Waals surface area (Å²) in [4.78, 5) is 0. The number of fused-ring (bicyclic) bond motifs is 1. The zero-order valence-corrected chi connectivity index (χ0v) is 10.8. The van der Waals surface area contributed by atoms with E-state index in [-0.39, 0.29) is 13.5 Å². The number of benzene rings is 1. The minimum atomic E-state index is 0.208. The topological polar surface area (TPSA) is 51.5 Å². The average Bonchev–Trinajstić information content (AvgIpc) is 2.93. The number of hydrogen-bond acceptors (Lipinski definition) is 4. The first-order valence-corrected chi connectivity index (χ1v) is 6.77. The van der Waals surface area contributed by atoms with Gasteiger partial charge in [-0.2, -0.15) is 0 Å². The van der Waals surface area contributed by atoms with Crippen molar-refractivity contribution in [3.05, 3.63) is 18.2 Å². The highest BCUT2D eigenvalue weighted by Gasteiger charge is 2.25. The summed E-state index contributed by atoms with van der Waals surface area (Å²) in [5.74, 6) is 5.19. The highest BCUT2D eigenvalue weighted by atomic mass is 16.7. The van der Waals surface area contributed by atoms with Gasteiger partial charge in [-0.1, -0.05) is 19.1 Å². The van der Waals surface area contributed by atoms with Crippen molar-refractivity contribution in [1.29, 1.82) is 5.26 Å². The SMILES string of the molecule is N#CB1CCC[C@H](COc2ccc3c(c2)OCO3)C1. The zero-order chi connectivity index (χ0) is 13.1. The lowest BCUT2D eigenvalue weighted by Crippen LogP contribution is -2.25. The second-order valence-corrected chi connectivity index (χ2v) is 5.18. The van der Waals surface area contributed by atoms with E-state index < -0.39 is 0 Å². The quantitative estimate of drug-likeness (QED) is 0.781. The Morgan fingerprint density at radius 2 is 2.26 bits per heavy atom. The third-order valence-electron chi connectivity index (χ3n) is 3.80. The second kappa shape index (κ2) is 5.44. The summed E-state index contributed by atoms with van der Waals surface area (Å²) >= 11 is 0. The minimum absolute atomic E-state index is 0.208. The molecule has 0 unspecified atom stereocenters. The van der Waals surface area contributed by atoms with Crippen molar-refractivity contribution in [3.63, 3.8) is 0 Å². The van der Waals surface area contributed by atoms with Crippen LogP contribution in [0.2, 0.25) is 12.6 Å². The predicted octanol–water partition coefficient (Wildman–Crippen LogP) is 2.76. The second-order valence-electron chi connectivity index (χ2n) is 5.18. The molecular formula is C14H16BNO3. The van der Waals surface area contributed by atoms with Crippen molar-refractivity contribution in [2.75, 3.05) is 13.4 Å². The monoisotopic (exact) mass is 257 g/mol. The molecule has 4 nitrogen and oxygen atoms in total. The number of nitriles is 1. The Morgan fingerprint density at radius 3 is 3.16 bits per heavy atom. The van der Waals surface area contributed by atoms with Gasteiger partial charge in [-0.25, -0.2) is 5.26 Å². The molecule has 2 aliphatic heterocycles. The van der Waals surface area contributed by atoms with E-state index in [0.717, 1.165) is 42.7 Å². The Labute approximate surface area is 113 Å². The van der Waals surface area contributed by atoms with Gasteiger partial charge in [0.05, 0.1) is 6.61 Å². The largest absolute Gasteiger partial charge is 0.493 e. The van der Waals surface area contributed by atoms with Gasteiger partial charge in [0.2, 0.25) is 6.79 Å². The molecule has 3 rings (SSSR count). The first-order valence-electron chi connectivity index (χ1n) is 6.77. The van der Waals surface area contributed by atoms with Gasteiger partial charge >= 0.3 is 0 Å². The van der Waals surface area contributed by atoms with E-state index in [1.165, 1.54) is 0 Å². The zero-order valence-electron chi connectivity index (χ0n) is 10.8. The van der Waals surface area contributed by atoms with E-state index in [9.17, 15) is 0 Å². The maximum Gasteiger partial charge on any atom is 0.268 e. The van der Waals surface area contributed by atoms with Crippen LogP contribution < -0.4 is 14.2 Å². The van der Waals surface area contributed by atoms with Crippen LogP contribution in [0.25, 0.3) is 0 Å². The van der Waals surface area contributed by atoms with Crippen LogP contribution in [-0.2, 0) is 0 Å². The molecule has 1 aromatic carbocycles. The molecule has 1 aromatic rings.